The number of nitrogens with one attached hydrogen (secondary N) is 1. The monoisotopic (exact) mass is 200 g/mol. The van der Waals surface area contributed by atoms with Gasteiger partial charge in [0.2, 0.25) is 5.91 Å². The third kappa shape index (κ3) is 3.27. The maximum Gasteiger partial charge on any atom is 0.246 e. The van der Waals surface area contributed by atoms with E-state index in [1.807, 2.05) is 6.92 Å². The summed E-state index contributed by atoms with van der Waals surface area (Å²) in [5, 5.41) is 2.97. The molecule has 0 aromatic heterocycles. The molecule has 4 nitrogen and oxygen atoms in total. The molecule has 0 spiro atoms. The predicted octanol–water partition coefficient (Wildman–Crippen LogP) is 0.267. The summed E-state index contributed by atoms with van der Waals surface area (Å²) in [5.41, 5.74) is 5.62. The first kappa shape index (κ1) is 11.5. The summed E-state index contributed by atoms with van der Waals surface area (Å²) < 4.78 is 5.03. The van der Waals surface area contributed by atoms with Crippen molar-refractivity contribution in [3.63, 3.8) is 0 Å². The van der Waals surface area contributed by atoms with E-state index in [1.165, 1.54) is 6.42 Å². The van der Waals surface area contributed by atoms with Gasteiger partial charge in [-0.15, -0.1) is 0 Å². The lowest BCUT2D eigenvalue weighted by Gasteiger charge is -2.19. The second-order valence-corrected chi connectivity index (χ2v) is 3.74. The van der Waals surface area contributed by atoms with Gasteiger partial charge in [0.25, 0.3) is 0 Å². The lowest BCUT2D eigenvalue weighted by atomic mass is 10.0. The number of ether oxygens (including phenoxy) is 1. The van der Waals surface area contributed by atoms with Crippen molar-refractivity contribution in [2.45, 2.75) is 32.2 Å². The molecule has 3 N–H and O–H groups in total. The first-order valence-corrected chi connectivity index (χ1v) is 5.35. The van der Waals surface area contributed by atoms with Crippen LogP contribution in [-0.2, 0) is 9.53 Å². The highest BCUT2D eigenvalue weighted by atomic mass is 16.5. The molecule has 0 aliphatic heterocycles. The summed E-state index contributed by atoms with van der Waals surface area (Å²) in [7, 11) is 0. The number of carbonyl (C=O) groups is 1. The highest BCUT2D eigenvalue weighted by Gasteiger charge is 2.26. The van der Waals surface area contributed by atoms with Crippen LogP contribution in [0.1, 0.15) is 26.2 Å². The number of carbonyl (C=O) groups excluding carboxylic acids is 1. The molecule has 0 heterocycles. The number of hydrogen-bond donors (Lipinski definition) is 2. The summed E-state index contributed by atoms with van der Waals surface area (Å²) in [6.07, 6.45) is 3.36. The van der Waals surface area contributed by atoms with E-state index >= 15 is 0 Å². The molecule has 1 rings (SSSR count). The van der Waals surface area contributed by atoms with Gasteiger partial charge in [0.15, 0.2) is 0 Å². The number of rotatable bonds is 5. The first-order chi connectivity index (χ1) is 6.77. The second kappa shape index (κ2) is 5.98. The summed E-state index contributed by atoms with van der Waals surface area (Å²) in [6, 6.07) is 0.271. The summed E-state index contributed by atoms with van der Waals surface area (Å²) >= 11 is 0. The van der Waals surface area contributed by atoms with Gasteiger partial charge in [-0.05, 0) is 32.2 Å². The lowest BCUT2D eigenvalue weighted by Crippen LogP contribution is -2.41. The van der Waals surface area contributed by atoms with Crippen molar-refractivity contribution >= 4 is 5.91 Å². The van der Waals surface area contributed by atoms with Gasteiger partial charge < -0.3 is 15.8 Å². The fourth-order valence-electron chi connectivity index (χ4n) is 1.95. The average molecular weight is 200 g/mol. The Balaban J connectivity index is 2.25. The Kier molecular flexibility index (Phi) is 4.90. The van der Waals surface area contributed by atoms with E-state index in [0.29, 0.717) is 19.1 Å². The van der Waals surface area contributed by atoms with E-state index in [9.17, 15) is 4.79 Å². The van der Waals surface area contributed by atoms with Gasteiger partial charge in [-0.25, -0.2) is 0 Å². The molecule has 14 heavy (non-hydrogen) atoms. The van der Waals surface area contributed by atoms with Gasteiger partial charge in [-0.1, -0.05) is 6.42 Å². The molecule has 0 bridgehead atoms. The molecule has 0 radical (unpaired) electrons. The van der Waals surface area contributed by atoms with Gasteiger partial charge >= 0.3 is 0 Å². The number of nitrogens with two attached hydrogens (primary N) is 1. The van der Waals surface area contributed by atoms with Crippen LogP contribution in [0, 0.1) is 5.92 Å². The van der Waals surface area contributed by atoms with E-state index in [0.717, 1.165) is 12.8 Å². The molecule has 0 saturated heterocycles. The van der Waals surface area contributed by atoms with Crippen molar-refractivity contribution < 1.29 is 9.53 Å². The van der Waals surface area contributed by atoms with E-state index in [1.54, 1.807) is 0 Å². The van der Waals surface area contributed by atoms with Crippen LogP contribution in [0.2, 0.25) is 0 Å². The van der Waals surface area contributed by atoms with Crippen molar-refractivity contribution in [2.24, 2.45) is 11.7 Å². The van der Waals surface area contributed by atoms with Crippen molar-refractivity contribution in [3.05, 3.63) is 0 Å². The van der Waals surface area contributed by atoms with E-state index in [-0.39, 0.29) is 18.6 Å². The summed E-state index contributed by atoms with van der Waals surface area (Å²) in [5.74, 6) is 0.442. The Morgan fingerprint density at radius 1 is 1.57 bits per heavy atom. The Morgan fingerprint density at radius 3 is 3.00 bits per heavy atom. The van der Waals surface area contributed by atoms with E-state index < -0.39 is 0 Å². The van der Waals surface area contributed by atoms with Gasteiger partial charge in [-0.2, -0.15) is 0 Å². The Bertz CT molecular complexity index is 185. The highest BCUT2D eigenvalue weighted by molar-refractivity contribution is 5.77. The molecule has 1 fully saturated rings. The third-order valence-electron chi connectivity index (χ3n) is 2.75. The molecule has 2 unspecified atom stereocenters. The normalized spacial score (nSPS) is 26.4. The average Bonchev–Trinajstić information content (AvgIpc) is 2.62. The Morgan fingerprint density at radius 2 is 2.36 bits per heavy atom. The minimum atomic E-state index is -0.0165. The molecule has 0 aromatic carbocycles. The molecule has 1 aliphatic rings. The third-order valence-corrected chi connectivity index (χ3v) is 2.75. The van der Waals surface area contributed by atoms with Crippen LogP contribution in [0.3, 0.4) is 0 Å². The summed E-state index contributed by atoms with van der Waals surface area (Å²) in [4.78, 5) is 11.3. The quantitative estimate of drug-likeness (QED) is 0.669. The first-order valence-electron chi connectivity index (χ1n) is 5.35. The molecule has 2 atom stereocenters. The summed E-state index contributed by atoms with van der Waals surface area (Å²) in [6.45, 7) is 3.30. The van der Waals surface area contributed by atoms with Crippen LogP contribution in [0.25, 0.3) is 0 Å². The largest absolute Gasteiger partial charge is 0.372 e. The SMILES string of the molecule is CCOCC(=O)NC1CCCC1CN. The zero-order valence-corrected chi connectivity index (χ0v) is 8.79. The minimum absolute atomic E-state index is 0.0165. The van der Waals surface area contributed by atoms with Crippen LogP contribution in [-0.4, -0.2) is 31.7 Å². The van der Waals surface area contributed by atoms with Crippen molar-refractivity contribution in [1.82, 2.24) is 5.32 Å². The van der Waals surface area contributed by atoms with Gasteiger partial charge in [0.1, 0.15) is 6.61 Å². The topological polar surface area (TPSA) is 64.3 Å². The Labute approximate surface area is 85.2 Å². The van der Waals surface area contributed by atoms with Crippen LogP contribution in [0.5, 0.6) is 0 Å². The molecule has 1 amide bonds. The zero-order valence-electron chi connectivity index (χ0n) is 8.79. The molecular formula is C10H20N2O2. The maximum absolute atomic E-state index is 11.3. The smallest absolute Gasteiger partial charge is 0.246 e. The van der Waals surface area contributed by atoms with Crippen LogP contribution < -0.4 is 11.1 Å². The molecule has 4 heteroatoms. The lowest BCUT2D eigenvalue weighted by molar-refractivity contribution is -0.126. The fraction of sp³-hybridized carbons (Fsp3) is 0.900. The van der Waals surface area contributed by atoms with Gasteiger partial charge in [0, 0.05) is 12.6 Å². The van der Waals surface area contributed by atoms with E-state index in [4.69, 9.17) is 10.5 Å². The van der Waals surface area contributed by atoms with Crippen LogP contribution in [0.4, 0.5) is 0 Å². The van der Waals surface area contributed by atoms with Crippen LogP contribution >= 0.6 is 0 Å². The van der Waals surface area contributed by atoms with Crippen molar-refractivity contribution in [3.8, 4) is 0 Å². The molecule has 0 aromatic rings. The highest BCUT2D eigenvalue weighted by Crippen LogP contribution is 2.24. The zero-order chi connectivity index (χ0) is 10.4. The molecule has 1 aliphatic carbocycles. The van der Waals surface area contributed by atoms with Crippen molar-refractivity contribution in [2.75, 3.05) is 19.8 Å². The Hall–Kier alpha value is -0.610. The molecule has 1 saturated carbocycles. The standard InChI is InChI=1S/C10H20N2O2/c1-2-14-7-10(13)12-9-5-3-4-8(9)6-11/h8-9H,2-7,11H2,1H3,(H,12,13). The van der Waals surface area contributed by atoms with Crippen molar-refractivity contribution in [1.29, 1.82) is 0 Å². The minimum Gasteiger partial charge on any atom is -0.372 e. The number of hydrogen-bond acceptors (Lipinski definition) is 3. The fourth-order valence-corrected chi connectivity index (χ4v) is 1.95. The van der Waals surface area contributed by atoms with Crippen LogP contribution in [0.15, 0.2) is 0 Å². The maximum atomic E-state index is 11.3. The predicted molar refractivity (Wildman–Crippen MR) is 54.8 cm³/mol. The molecular weight excluding hydrogens is 180 g/mol. The molecule has 82 valence electrons. The van der Waals surface area contributed by atoms with Gasteiger partial charge in [-0.3, -0.25) is 4.79 Å². The van der Waals surface area contributed by atoms with E-state index in [2.05, 4.69) is 5.32 Å². The van der Waals surface area contributed by atoms with Gasteiger partial charge in [0.05, 0.1) is 0 Å². The number of amides is 1. The second-order valence-electron chi connectivity index (χ2n) is 3.74.